The Balaban J connectivity index is 1.13. The number of benzene rings is 7. The van der Waals surface area contributed by atoms with Gasteiger partial charge < -0.3 is 14.7 Å². The summed E-state index contributed by atoms with van der Waals surface area (Å²) in [7, 11) is 0. The fourth-order valence-corrected chi connectivity index (χ4v) is 20.1. The van der Waals surface area contributed by atoms with E-state index in [2.05, 4.69) is 290 Å². The minimum absolute atomic E-state index is 0.00598. The van der Waals surface area contributed by atoms with Gasteiger partial charge in [-0.2, -0.15) is 0 Å². The Morgan fingerprint density at radius 2 is 0.468 bits per heavy atom. The van der Waals surface area contributed by atoms with Gasteiger partial charge in [0, 0.05) is 34.2 Å². The molecule has 0 aromatic heterocycles. The molecule has 94 heavy (non-hydrogen) atoms. The Kier molecular flexibility index (Phi) is 13.5. The van der Waals surface area contributed by atoms with E-state index in [1.807, 2.05) is 0 Å². The lowest BCUT2D eigenvalue weighted by molar-refractivity contribution is 0.331. The molecule has 0 unspecified atom stereocenters. The van der Waals surface area contributed by atoms with Crippen LogP contribution in [0.5, 0.6) is 0 Å². The largest absolute Gasteiger partial charge is 0.310 e. The van der Waals surface area contributed by atoms with Crippen molar-refractivity contribution < 1.29 is 0 Å². The first kappa shape index (κ1) is 64.0. The zero-order valence-electron chi connectivity index (χ0n) is 62.8. The molecule has 2 aliphatic heterocycles. The van der Waals surface area contributed by atoms with E-state index in [4.69, 9.17) is 0 Å². The Bertz CT molecular complexity index is 4090. The van der Waals surface area contributed by atoms with Crippen LogP contribution in [-0.2, 0) is 65.0 Å². The molecule has 7 aromatic carbocycles. The van der Waals surface area contributed by atoms with Crippen LogP contribution in [0, 0.1) is 0 Å². The third kappa shape index (κ3) is 9.47. The zero-order valence-corrected chi connectivity index (χ0v) is 62.8. The highest BCUT2D eigenvalue weighted by Crippen LogP contribution is 2.66. The molecule has 0 bridgehead atoms. The van der Waals surface area contributed by atoms with Crippen molar-refractivity contribution in [3.8, 4) is 0 Å². The normalized spacial score (nSPS) is 23.7. The quantitative estimate of drug-likeness (QED) is 0.170. The smallest absolute Gasteiger partial charge is 0.0545 e. The Hall–Kier alpha value is -6.06. The minimum Gasteiger partial charge on any atom is -0.310 e. The average Bonchev–Trinajstić information content (AvgIpc) is 0.681. The van der Waals surface area contributed by atoms with E-state index in [-0.39, 0.29) is 70.9 Å². The van der Waals surface area contributed by atoms with Crippen molar-refractivity contribution in [3.05, 3.63) is 193 Å². The fraction of sp³-hybridized carbons (Fsp3) is 0.538. The van der Waals surface area contributed by atoms with Crippen molar-refractivity contribution >= 4 is 51.2 Å². The van der Waals surface area contributed by atoms with Crippen molar-refractivity contribution in [2.24, 2.45) is 0 Å². The molecule has 6 aliphatic carbocycles. The van der Waals surface area contributed by atoms with Crippen LogP contribution < -0.4 is 14.7 Å². The van der Waals surface area contributed by atoms with Crippen LogP contribution in [0.3, 0.4) is 0 Å². The van der Waals surface area contributed by atoms with E-state index in [0.29, 0.717) is 0 Å². The van der Waals surface area contributed by atoms with Gasteiger partial charge in [-0.25, -0.2) is 0 Å². The molecule has 15 rings (SSSR count). The molecule has 0 N–H and O–H groups in total. The van der Waals surface area contributed by atoms with Crippen LogP contribution >= 0.6 is 0 Å². The Morgan fingerprint density at radius 3 is 0.755 bits per heavy atom. The summed E-state index contributed by atoms with van der Waals surface area (Å²) in [6.07, 6.45) is 14.0. The van der Waals surface area contributed by atoms with Gasteiger partial charge in [-0.3, -0.25) is 0 Å². The summed E-state index contributed by atoms with van der Waals surface area (Å²) >= 11 is 0. The second-order valence-electron chi connectivity index (χ2n) is 39.8. The van der Waals surface area contributed by atoms with Gasteiger partial charge in [0.1, 0.15) is 0 Å². The number of rotatable bonds is 5. The number of anilines is 9. The summed E-state index contributed by atoms with van der Waals surface area (Å²) in [6, 6.07) is 47.4. The molecule has 2 heterocycles. The Morgan fingerprint density at radius 1 is 0.234 bits per heavy atom. The predicted octanol–water partition coefficient (Wildman–Crippen LogP) is 26.0. The summed E-state index contributed by atoms with van der Waals surface area (Å²) in [5.41, 5.74) is 34.2. The van der Waals surface area contributed by atoms with Crippen molar-refractivity contribution in [1.29, 1.82) is 0 Å². The number of fused-ring (bicyclic) bond motifs is 10. The lowest BCUT2D eigenvalue weighted by Gasteiger charge is -2.50. The summed E-state index contributed by atoms with van der Waals surface area (Å²) < 4.78 is 0. The van der Waals surface area contributed by atoms with Crippen LogP contribution in [0.1, 0.15) is 333 Å². The molecular formula is C91H115N3. The molecule has 0 saturated heterocycles. The van der Waals surface area contributed by atoms with E-state index >= 15 is 0 Å². The minimum atomic E-state index is -0.0400. The van der Waals surface area contributed by atoms with Gasteiger partial charge in [0.25, 0.3) is 0 Å². The molecule has 0 fully saturated rings. The van der Waals surface area contributed by atoms with E-state index in [0.717, 1.165) is 51.4 Å². The third-order valence-corrected chi connectivity index (χ3v) is 27.6. The molecule has 0 amide bonds. The molecule has 0 atom stereocenters. The first-order chi connectivity index (χ1) is 43.5. The van der Waals surface area contributed by atoms with E-state index in [1.54, 1.807) is 0 Å². The van der Waals surface area contributed by atoms with Gasteiger partial charge in [0.05, 0.1) is 28.4 Å². The predicted molar refractivity (Wildman–Crippen MR) is 403 cm³/mol. The third-order valence-electron chi connectivity index (χ3n) is 27.6. The van der Waals surface area contributed by atoms with E-state index in [1.165, 1.54) is 160 Å². The van der Waals surface area contributed by atoms with Crippen LogP contribution in [0.15, 0.2) is 109 Å². The van der Waals surface area contributed by atoms with Crippen LogP contribution in [0.2, 0.25) is 0 Å². The van der Waals surface area contributed by atoms with Gasteiger partial charge in [0.2, 0.25) is 0 Å². The zero-order chi connectivity index (χ0) is 67.4. The summed E-state index contributed by atoms with van der Waals surface area (Å²) in [5.74, 6) is -0.0400. The van der Waals surface area contributed by atoms with Crippen molar-refractivity contribution in [1.82, 2.24) is 0 Å². The van der Waals surface area contributed by atoms with Crippen molar-refractivity contribution in [2.45, 2.75) is 314 Å². The number of hydrogen-bond donors (Lipinski definition) is 0. The molecule has 0 radical (unpaired) electrons. The first-order valence-corrected chi connectivity index (χ1v) is 37.0. The molecule has 494 valence electrons. The highest BCUT2D eigenvalue weighted by Gasteiger charge is 2.50. The molecular weight excluding hydrogens is 1140 g/mol. The number of hydrogen-bond acceptors (Lipinski definition) is 3. The summed E-state index contributed by atoms with van der Waals surface area (Å²) in [6.45, 7) is 60.4. The van der Waals surface area contributed by atoms with Crippen LogP contribution in [-0.4, -0.2) is 0 Å². The van der Waals surface area contributed by atoms with Crippen molar-refractivity contribution in [3.63, 3.8) is 0 Å². The number of nitrogens with zero attached hydrogens (tertiary/aromatic N) is 3. The maximum atomic E-state index is 2.83. The van der Waals surface area contributed by atoms with Gasteiger partial charge in [-0.15, -0.1) is 0 Å². The topological polar surface area (TPSA) is 9.72 Å². The van der Waals surface area contributed by atoms with Crippen molar-refractivity contribution in [2.75, 3.05) is 14.7 Å². The van der Waals surface area contributed by atoms with Gasteiger partial charge >= 0.3 is 0 Å². The van der Waals surface area contributed by atoms with Gasteiger partial charge in [0.15, 0.2) is 0 Å². The molecule has 3 nitrogen and oxygen atoms in total. The van der Waals surface area contributed by atoms with E-state index in [9.17, 15) is 0 Å². The van der Waals surface area contributed by atoms with Crippen LogP contribution in [0.4, 0.5) is 51.2 Å². The van der Waals surface area contributed by atoms with Gasteiger partial charge in [-0.05, 0) is 293 Å². The van der Waals surface area contributed by atoms with Gasteiger partial charge in [-0.1, -0.05) is 203 Å². The molecule has 0 spiro atoms. The lowest BCUT2D eigenvalue weighted by atomic mass is 9.60. The van der Waals surface area contributed by atoms with E-state index < -0.39 is 0 Å². The Labute approximate surface area is 569 Å². The van der Waals surface area contributed by atoms with Crippen LogP contribution in [0.25, 0.3) is 0 Å². The molecule has 0 saturated carbocycles. The maximum Gasteiger partial charge on any atom is 0.0545 e. The average molecular weight is 1250 g/mol. The molecule has 3 heteroatoms. The fourth-order valence-electron chi connectivity index (χ4n) is 20.1. The molecule has 7 aromatic rings. The standard InChI is InChI=1S/C91H115N3/c1-80(2)33-37-84(9,10)66-45-55(25-29-62(66)80)92(56-26-30-63-67(46-56)85(11,12)38-34-81(63,3)4)59-49-76-79-77(50-59)94(58-28-32-65-69(48-58)87(15,16)40-36-83(65,7)8)75-54-73-71(89(19,20)42-44-91(73,23)24)52-61(75)78(79)60-51-70-72(90(21,22)43-41-88(70,17)18)53-74(60)93(76)57-27-31-64-68(47-57)86(13,14)39-35-82(64,5)6/h25-32,45-54,78H,33-44H2,1-24H3. The summed E-state index contributed by atoms with van der Waals surface area (Å²) in [5, 5.41) is 0. The highest BCUT2D eigenvalue weighted by molar-refractivity contribution is 6.00. The molecule has 8 aliphatic rings. The second-order valence-corrected chi connectivity index (χ2v) is 39.8. The first-order valence-electron chi connectivity index (χ1n) is 37.0. The monoisotopic (exact) mass is 1250 g/mol. The SMILES string of the molecule is CC1(C)CCC(C)(C)c2cc(N(c3cc4c5c(c3)N(c3ccc6c(c3)C(C)(C)CCC6(C)C)c3cc6c(cc3C5c3cc5c(cc3N4c3ccc4c(c3)C(C)(C)CCC4(C)C)C(C)(C)CCC5(C)C)C(C)(C)CCC6(C)C)c3ccc4c(c3)C(C)(C)CCC4(C)C)ccc21. The highest BCUT2D eigenvalue weighted by atomic mass is 15.2. The lowest BCUT2D eigenvalue weighted by Crippen LogP contribution is -2.37. The summed E-state index contributed by atoms with van der Waals surface area (Å²) in [4.78, 5) is 8.38. The maximum absolute atomic E-state index is 2.83. The second kappa shape index (κ2) is 19.8.